The number of unbranched alkanes of at least 4 members (excludes halogenated alkanes) is 4. The second-order valence-corrected chi connectivity index (χ2v) is 8.79. The van der Waals surface area contributed by atoms with Crippen molar-refractivity contribution in [2.45, 2.75) is 45.4 Å². The molecule has 0 saturated carbocycles. The van der Waals surface area contributed by atoms with Gasteiger partial charge in [-0.1, -0.05) is 93.3 Å². The van der Waals surface area contributed by atoms with Crippen LogP contribution in [-0.4, -0.2) is 10.2 Å². The molecule has 0 fully saturated rings. The molecule has 4 rings (SSSR count). The number of phenolic OH excluding ortho intramolecular Hbond substituents is 2. The molecule has 2 nitrogen and oxygen atoms in total. The number of rotatable bonds is 9. The molecule has 0 aliphatic heterocycles. The van der Waals surface area contributed by atoms with Gasteiger partial charge in [-0.15, -0.1) is 0 Å². The van der Waals surface area contributed by atoms with E-state index in [1.54, 1.807) is 36.4 Å². The second-order valence-electron chi connectivity index (χ2n) is 8.79. The predicted octanol–water partition coefficient (Wildman–Crippen LogP) is 8.75. The summed E-state index contributed by atoms with van der Waals surface area (Å²) in [7, 11) is 0. The Kier molecular flexibility index (Phi) is 7.64. The van der Waals surface area contributed by atoms with Gasteiger partial charge in [0.1, 0.15) is 17.3 Å². The van der Waals surface area contributed by atoms with E-state index in [-0.39, 0.29) is 17.3 Å². The van der Waals surface area contributed by atoms with Gasteiger partial charge in [-0.3, -0.25) is 0 Å². The van der Waals surface area contributed by atoms with E-state index in [4.69, 9.17) is 0 Å². The van der Waals surface area contributed by atoms with Crippen molar-refractivity contribution in [2.75, 3.05) is 0 Å². The van der Waals surface area contributed by atoms with Crippen LogP contribution in [0, 0.1) is 5.82 Å². The van der Waals surface area contributed by atoms with E-state index in [1.807, 2.05) is 48.5 Å². The van der Waals surface area contributed by atoms with E-state index >= 15 is 4.39 Å². The maximum atomic E-state index is 15.9. The van der Waals surface area contributed by atoms with Gasteiger partial charge >= 0.3 is 0 Å². The molecule has 4 aromatic rings. The molecule has 174 valence electrons. The van der Waals surface area contributed by atoms with E-state index in [1.165, 1.54) is 19.3 Å². The van der Waals surface area contributed by atoms with Gasteiger partial charge in [0.2, 0.25) is 0 Å². The number of phenols is 2. The molecule has 0 amide bonds. The number of aromatic hydroxyl groups is 2. The zero-order valence-corrected chi connectivity index (χ0v) is 19.6. The fourth-order valence-electron chi connectivity index (χ4n) is 4.40. The van der Waals surface area contributed by atoms with Crippen LogP contribution in [0.1, 0.15) is 44.6 Å². The minimum absolute atomic E-state index is 0.172. The highest BCUT2D eigenvalue weighted by Gasteiger charge is 2.16. The molecule has 0 unspecified atom stereocenters. The van der Waals surface area contributed by atoms with Crippen LogP contribution < -0.4 is 0 Å². The quantitative estimate of drug-likeness (QED) is 0.248. The Balaban J connectivity index is 1.68. The molecule has 0 spiro atoms. The molecule has 0 atom stereocenters. The van der Waals surface area contributed by atoms with E-state index in [2.05, 4.69) is 6.92 Å². The lowest BCUT2D eigenvalue weighted by Gasteiger charge is -2.15. The molecule has 3 heteroatoms. The van der Waals surface area contributed by atoms with Gasteiger partial charge in [0.25, 0.3) is 0 Å². The van der Waals surface area contributed by atoms with Gasteiger partial charge in [0.15, 0.2) is 0 Å². The van der Waals surface area contributed by atoms with Gasteiger partial charge in [0.05, 0.1) is 0 Å². The van der Waals surface area contributed by atoms with Gasteiger partial charge in [-0.2, -0.15) is 0 Å². The molecule has 0 heterocycles. The fraction of sp³-hybridized carbons (Fsp3) is 0.226. The minimum Gasteiger partial charge on any atom is -0.508 e. The van der Waals surface area contributed by atoms with Crippen LogP contribution >= 0.6 is 0 Å². The average Bonchev–Trinajstić information content (AvgIpc) is 2.86. The Labute approximate surface area is 201 Å². The lowest BCUT2D eigenvalue weighted by molar-refractivity contribution is 0.475. The molecule has 0 saturated heterocycles. The van der Waals surface area contributed by atoms with E-state index in [0.717, 1.165) is 46.2 Å². The van der Waals surface area contributed by atoms with Crippen molar-refractivity contribution < 1.29 is 14.6 Å². The van der Waals surface area contributed by atoms with Crippen LogP contribution in [0.25, 0.3) is 33.4 Å². The predicted molar refractivity (Wildman–Crippen MR) is 139 cm³/mol. The first-order valence-corrected chi connectivity index (χ1v) is 12.1. The van der Waals surface area contributed by atoms with Crippen molar-refractivity contribution in [2.24, 2.45) is 0 Å². The third-order valence-corrected chi connectivity index (χ3v) is 6.35. The van der Waals surface area contributed by atoms with Gasteiger partial charge < -0.3 is 10.2 Å². The summed E-state index contributed by atoms with van der Waals surface area (Å²) < 4.78 is 15.9. The first-order valence-electron chi connectivity index (χ1n) is 12.1. The number of hydrogen-bond acceptors (Lipinski definition) is 2. The highest BCUT2D eigenvalue weighted by Crippen LogP contribution is 2.35. The van der Waals surface area contributed by atoms with Crippen LogP contribution in [0.2, 0.25) is 0 Å². The standard InChI is InChI=1S/C31H31FO2/c1-2-3-4-5-6-7-30-28(20-21-29(31(30)32)25-14-18-27(34)19-15-25)24-10-8-22(9-11-24)23-12-16-26(33)17-13-23/h8-21,33-34H,2-7H2,1H3. The Morgan fingerprint density at radius 3 is 1.56 bits per heavy atom. The molecule has 2 N–H and O–H groups in total. The fourth-order valence-corrected chi connectivity index (χ4v) is 4.40. The van der Waals surface area contributed by atoms with E-state index in [9.17, 15) is 10.2 Å². The lowest BCUT2D eigenvalue weighted by Crippen LogP contribution is -1.99. The summed E-state index contributed by atoms with van der Waals surface area (Å²) in [5, 5.41) is 19.2. The van der Waals surface area contributed by atoms with Crippen molar-refractivity contribution in [3.63, 3.8) is 0 Å². The number of halogens is 1. The number of benzene rings is 4. The summed E-state index contributed by atoms with van der Waals surface area (Å²) in [6.07, 6.45) is 6.30. The van der Waals surface area contributed by atoms with Crippen molar-refractivity contribution in [3.8, 4) is 44.9 Å². The maximum absolute atomic E-state index is 15.9. The van der Waals surface area contributed by atoms with Crippen molar-refractivity contribution >= 4 is 0 Å². The molecule has 0 aliphatic carbocycles. The van der Waals surface area contributed by atoms with Crippen LogP contribution in [-0.2, 0) is 6.42 Å². The lowest BCUT2D eigenvalue weighted by atomic mass is 9.90. The maximum Gasteiger partial charge on any atom is 0.134 e. The highest BCUT2D eigenvalue weighted by atomic mass is 19.1. The summed E-state index contributed by atoms with van der Waals surface area (Å²) in [6, 6.07) is 25.8. The highest BCUT2D eigenvalue weighted by molar-refractivity contribution is 5.76. The summed E-state index contributed by atoms with van der Waals surface area (Å²) in [5.41, 5.74) is 6.06. The number of hydrogen-bond donors (Lipinski definition) is 2. The molecule has 34 heavy (non-hydrogen) atoms. The molecule has 0 aliphatic rings. The summed E-state index contributed by atoms with van der Waals surface area (Å²) >= 11 is 0. The first kappa shape index (κ1) is 23.6. The largest absolute Gasteiger partial charge is 0.508 e. The van der Waals surface area contributed by atoms with Gasteiger partial charge in [-0.05, 0) is 70.5 Å². The molecule has 0 aromatic heterocycles. The zero-order valence-electron chi connectivity index (χ0n) is 19.6. The van der Waals surface area contributed by atoms with E-state index < -0.39 is 0 Å². The Morgan fingerprint density at radius 2 is 0.971 bits per heavy atom. The topological polar surface area (TPSA) is 40.5 Å². The van der Waals surface area contributed by atoms with E-state index in [0.29, 0.717) is 12.0 Å². The van der Waals surface area contributed by atoms with Gasteiger partial charge in [0, 0.05) is 5.56 Å². The monoisotopic (exact) mass is 454 g/mol. The van der Waals surface area contributed by atoms with Crippen molar-refractivity contribution in [1.82, 2.24) is 0 Å². The Bertz CT molecular complexity index is 1210. The third kappa shape index (κ3) is 5.48. The van der Waals surface area contributed by atoms with Crippen LogP contribution in [0.3, 0.4) is 0 Å². The normalized spacial score (nSPS) is 11.0. The SMILES string of the molecule is CCCCCCCc1c(-c2ccc(-c3ccc(O)cc3)cc2)ccc(-c2ccc(O)cc2)c1F. The summed E-state index contributed by atoms with van der Waals surface area (Å²) in [5.74, 6) is 0.236. The van der Waals surface area contributed by atoms with Gasteiger partial charge in [-0.25, -0.2) is 4.39 Å². The smallest absolute Gasteiger partial charge is 0.134 e. The molecular formula is C31H31FO2. The first-order chi connectivity index (χ1) is 16.6. The van der Waals surface area contributed by atoms with Crippen molar-refractivity contribution in [1.29, 1.82) is 0 Å². The third-order valence-electron chi connectivity index (χ3n) is 6.35. The van der Waals surface area contributed by atoms with Crippen LogP contribution in [0.4, 0.5) is 4.39 Å². The summed E-state index contributed by atoms with van der Waals surface area (Å²) in [4.78, 5) is 0. The van der Waals surface area contributed by atoms with Crippen LogP contribution in [0.5, 0.6) is 11.5 Å². The Hall–Kier alpha value is -3.59. The molecule has 0 bridgehead atoms. The Morgan fingerprint density at radius 1 is 0.529 bits per heavy atom. The zero-order chi connectivity index (χ0) is 23.9. The molecule has 4 aromatic carbocycles. The molecular weight excluding hydrogens is 423 g/mol. The summed E-state index contributed by atoms with van der Waals surface area (Å²) in [6.45, 7) is 2.20. The van der Waals surface area contributed by atoms with Crippen LogP contribution in [0.15, 0.2) is 84.9 Å². The average molecular weight is 455 g/mol. The van der Waals surface area contributed by atoms with Crippen molar-refractivity contribution in [3.05, 3.63) is 96.3 Å². The molecule has 0 radical (unpaired) electrons. The second kappa shape index (κ2) is 11.0. The minimum atomic E-state index is -0.179.